The number of aryl methyl sites for hydroxylation is 1. The highest BCUT2D eigenvalue weighted by Crippen LogP contribution is 2.27. The second-order valence-electron chi connectivity index (χ2n) is 7.32. The van der Waals surface area contributed by atoms with E-state index in [1.54, 1.807) is 18.2 Å². The topological polar surface area (TPSA) is 81.2 Å². The molecule has 0 bridgehead atoms. The maximum Gasteiger partial charge on any atom is 0.322 e. The number of benzene rings is 3. The van der Waals surface area contributed by atoms with Gasteiger partial charge in [0.15, 0.2) is 5.76 Å². The molecule has 0 radical (unpaired) electrons. The molecule has 0 aliphatic heterocycles. The van der Waals surface area contributed by atoms with Crippen LogP contribution in [0.15, 0.2) is 100 Å². The molecule has 0 saturated carbocycles. The van der Waals surface area contributed by atoms with E-state index in [0.29, 0.717) is 11.3 Å². The maximum atomic E-state index is 12.7. The molecule has 3 aromatic carbocycles. The number of carbonyl (C=O) groups is 1. The summed E-state index contributed by atoms with van der Waals surface area (Å²) in [6.45, 7) is 2.10. The lowest BCUT2D eigenvalue weighted by Crippen LogP contribution is -2.12. The van der Waals surface area contributed by atoms with Crippen molar-refractivity contribution in [2.24, 2.45) is 0 Å². The average molecular weight is 421 g/mol. The average Bonchev–Trinajstić information content (AvgIpc) is 3.52. The van der Waals surface area contributed by atoms with E-state index >= 15 is 0 Å². The van der Waals surface area contributed by atoms with Crippen LogP contribution in [0.2, 0.25) is 0 Å². The Kier molecular flexibility index (Phi) is 5.09. The van der Waals surface area contributed by atoms with E-state index in [1.807, 2.05) is 30.3 Å². The first-order valence-corrected chi connectivity index (χ1v) is 10.1. The fourth-order valence-electron chi connectivity index (χ4n) is 3.52. The molecule has 5 rings (SSSR count). The first-order valence-electron chi connectivity index (χ1n) is 10.1. The highest BCUT2D eigenvalue weighted by molar-refractivity contribution is 6.03. The predicted molar refractivity (Wildman–Crippen MR) is 122 cm³/mol. The zero-order valence-corrected chi connectivity index (χ0v) is 17.3. The van der Waals surface area contributed by atoms with Crippen LogP contribution in [0.5, 0.6) is 0 Å². The first kappa shape index (κ1) is 19.5. The Balaban J connectivity index is 1.34. The second-order valence-corrected chi connectivity index (χ2v) is 7.32. The minimum Gasteiger partial charge on any atom is -0.459 e. The van der Waals surface area contributed by atoms with Crippen molar-refractivity contribution in [3.8, 4) is 33.9 Å². The van der Waals surface area contributed by atoms with Gasteiger partial charge in [0.1, 0.15) is 0 Å². The molecule has 0 atom stereocenters. The Morgan fingerprint density at radius 1 is 0.812 bits per heavy atom. The molecule has 156 valence electrons. The SMILES string of the molecule is Cc1ccccc1-c1ccc(-c2cccc(C(=O)Nc3nnc(-c4ccco4)o3)c2)cc1. The molecule has 0 aliphatic carbocycles. The third-order valence-corrected chi connectivity index (χ3v) is 5.18. The van der Waals surface area contributed by atoms with Gasteiger partial charge in [-0.15, -0.1) is 5.10 Å². The number of furan rings is 1. The lowest BCUT2D eigenvalue weighted by Gasteiger charge is -2.08. The van der Waals surface area contributed by atoms with Crippen molar-refractivity contribution >= 4 is 11.9 Å². The van der Waals surface area contributed by atoms with Crippen LogP contribution in [0.4, 0.5) is 6.01 Å². The Labute approximate surface area is 184 Å². The third-order valence-electron chi connectivity index (χ3n) is 5.18. The Morgan fingerprint density at radius 3 is 2.41 bits per heavy atom. The number of carbonyl (C=O) groups excluding carboxylic acids is 1. The minimum absolute atomic E-state index is 0.00869. The largest absolute Gasteiger partial charge is 0.459 e. The van der Waals surface area contributed by atoms with Gasteiger partial charge < -0.3 is 8.83 Å². The Hall–Kier alpha value is -4.45. The van der Waals surface area contributed by atoms with E-state index in [9.17, 15) is 4.79 Å². The van der Waals surface area contributed by atoms with Crippen LogP contribution in [0.1, 0.15) is 15.9 Å². The van der Waals surface area contributed by atoms with Gasteiger partial charge in [-0.05, 0) is 59.0 Å². The number of nitrogens with one attached hydrogen (secondary N) is 1. The molecular formula is C26H19N3O3. The standard InChI is InChI=1S/C26H19N3O3/c1-17-6-2-3-9-22(17)19-13-11-18(12-14-19)20-7-4-8-21(16-20)24(30)27-26-29-28-25(32-26)23-10-5-15-31-23/h2-16H,1H3,(H,27,29,30). The molecule has 2 heterocycles. The normalized spacial score (nSPS) is 10.8. The summed E-state index contributed by atoms with van der Waals surface area (Å²) in [6, 6.07) is 27.4. The van der Waals surface area contributed by atoms with Crippen LogP contribution in [0.25, 0.3) is 33.9 Å². The third kappa shape index (κ3) is 3.94. The van der Waals surface area contributed by atoms with Gasteiger partial charge in [-0.25, -0.2) is 0 Å². The van der Waals surface area contributed by atoms with Crippen molar-refractivity contribution < 1.29 is 13.6 Å². The van der Waals surface area contributed by atoms with Crippen molar-refractivity contribution in [3.63, 3.8) is 0 Å². The summed E-state index contributed by atoms with van der Waals surface area (Å²) in [7, 11) is 0. The molecule has 5 aromatic rings. The molecule has 6 nitrogen and oxygen atoms in total. The van der Waals surface area contributed by atoms with Gasteiger partial charge in [0.05, 0.1) is 6.26 Å². The summed E-state index contributed by atoms with van der Waals surface area (Å²) in [5.41, 5.74) is 6.05. The summed E-state index contributed by atoms with van der Waals surface area (Å²) in [5.74, 6) is 0.306. The molecule has 0 spiro atoms. The van der Waals surface area contributed by atoms with Crippen molar-refractivity contribution in [1.29, 1.82) is 0 Å². The van der Waals surface area contributed by atoms with Crippen LogP contribution in [-0.2, 0) is 0 Å². The molecule has 1 N–H and O–H groups in total. The maximum absolute atomic E-state index is 12.7. The number of nitrogens with zero attached hydrogens (tertiary/aromatic N) is 2. The van der Waals surface area contributed by atoms with Crippen molar-refractivity contribution in [2.75, 3.05) is 5.32 Å². The van der Waals surface area contributed by atoms with Crippen LogP contribution in [-0.4, -0.2) is 16.1 Å². The van der Waals surface area contributed by atoms with Gasteiger partial charge >= 0.3 is 6.01 Å². The Morgan fingerprint density at radius 2 is 1.62 bits per heavy atom. The lowest BCUT2D eigenvalue weighted by molar-refractivity contribution is 0.102. The molecule has 1 amide bonds. The van der Waals surface area contributed by atoms with Gasteiger partial charge in [-0.2, -0.15) is 0 Å². The molecule has 2 aromatic heterocycles. The van der Waals surface area contributed by atoms with E-state index in [2.05, 4.69) is 58.8 Å². The molecular weight excluding hydrogens is 402 g/mol. The fourth-order valence-corrected chi connectivity index (χ4v) is 3.52. The monoisotopic (exact) mass is 421 g/mol. The summed E-state index contributed by atoms with van der Waals surface area (Å²) in [4.78, 5) is 12.7. The fraction of sp³-hybridized carbons (Fsp3) is 0.0385. The molecule has 0 fully saturated rings. The minimum atomic E-state index is -0.335. The second kappa shape index (κ2) is 8.35. The lowest BCUT2D eigenvalue weighted by atomic mass is 9.97. The van der Waals surface area contributed by atoms with Gasteiger partial charge in [-0.1, -0.05) is 65.8 Å². The summed E-state index contributed by atoms with van der Waals surface area (Å²) >= 11 is 0. The van der Waals surface area contributed by atoms with Crippen LogP contribution >= 0.6 is 0 Å². The van der Waals surface area contributed by atoms with E-state index < -0.39 is 0 Å². The first-order chi connectivity index (χ1) is 15.7. The summed E-state index contributed by atoms with van der Waals surface area (Å²) in [5, 5.41) is 10.4. The van der Waals surface area contributed by atoms with Crippen molar-refractivity contribution in [2.45, 2.75) is 6.92 Å². The van der Waals surface area contributed by atoms with E-state index in [0.717, 1.165) is 16.7 Å². The molecule has 0 aliphatic rings. The van der Waals surface area contributed by atoms with Crippen molar-refractivity contribution in [3.05, 3.63) is 102 Å². The Bertz CT molecular complexity index is 1370. The van der Waals surface area contributed by atoms with Gasteiger partial charge in [0, 0.05) is 5.56 Å². The van der Waals surface area contributed by atoms with E-state index in [1.165, 1.54) is 17.4 Å². The highest BCUT2D eigenvalue weighted by Gasteiger charge is 2.15. The highest BCUT2D eigenvalue weighted by atomic mass is 16.4. The quantitative estimate of drug-likeness (QED) is 0.364. The number of amides is 1. The predicted octanol–water partition coefficient (Wildman–Crippen LogP) is 6.22. The zero-order chi connectivity index (χ0) is 21.9. The van der Waals surface area contributed by atoms with Crippen LogP contribution in [0, 0.1) is 6.92 Å². The number of anilines is 1. The smallest absolute Gasteiger partial charge is 0.322 e. The molecule has 0 saturated heterocycles. The van der Waals surface area contributed by atoms with Gasteiger partial charge in [0.25, 0.3) is 11.8 Å². The molecule has 6 heteroatoms. The molecule has 32 heavy (non-hydrogen) atoms. The van der Waals surface area contributed by atoms with E-state index in [4.69, 9.17) is 8.83 Å². The van der Waals surface area contributed by atoms with Gasteiger partial charge in [-0.3, -0.25) is 10.1 Å². The van der Waals surface area contributed by atoms with Crippen LogP contribution in [0.3, 0.4) is 0 Å². The number of aromatic nitrogens is 2. The zero-order valence-electron chi connectivity index (χ0n) is 17.3. The summed E-state index contributed by atoms with van der Waals surface area (Å²) in [6.07, 6.45) is 1.51. The van der Waals surface area contributed by atoms with Gasteiger partial charge in [0.2, 0.25) is 0 Å². The van der Waals surface area contributed by atoms with Crippen LogP contribution < -0.4 is 5.32 Å². The molecule has 0 unspecified atom stereocenters. The van der Waals surface area contributed by atoms with Crippen molar-refractivity contribution in [1.82, 2.24) is 10.2 Å². The number of rotatable bonds is 5. The number of hydrogen-bond donors (Lipinski definition) is 1. The number of hydrogen-bond acceptors (Lipinski definition) is 5. The van der Waals surface area contributed by atoms with E-state index in [-0.39, 0.29) is 17.8 Å². The summed E-state index contributed by atoms with van der Waals surface area (Å²) < 4.78 is 10.7.